The molecule has 0 saturated heterocycles. The smallest absolute Gasteiger partial charge is 0.164 e. The number of nitrogens with zero attached hydrogens (tertiary/aromatic N) is 3. The van der Waals surface area contributed by atoms with Gasteiger partial charge in [0.05, 0.1) is 6.54 Å². The van der Waals surface area contributed by atoms with E-state index in [1.54, 1.807) is 6.33 Å². The van der Waals surface area contributed by atoms with E-state index in [2.05, 4.69) is 22.3 Å². The molecule has 0 aliphatic heterocycles. The highest BCUT2D eigenvalue weighted by atomic mass is 16.5. The van der Waals surface area contributed by atoms with Crippen molar-refractivity contribution in [2.45, 2.75) is 39.8 Å². The molecule has 0 spiro atoms. The van der Waals surface area contributed by atoms with Gasteiger partial charge in [-0.15, -0.1) is 0 Å². The Labute approximate surface area is 97.2 Å². The summed E-state index contributed by atoms with van der Waals surface area (Å²) in [6, 6.07) is 0. The summed E-state index contributed by atoms with van der Waals surface area (Å²) >= 11 is 0. The Morgan fingerprint density at radius 1 is 1.44 bits per heavy atom. The predicted octanol–water partition coefficient (Wildman–Crippen LogP) is 1.20. The van der Waals surface area contributed by atoms with Gasteiger partial charge in [0.2, 0.25) is 0 Å². The van der Waals surface area contributed by atoms with E-state index < -0.39 is 0 Å². The molecule has 0 amide bonds. The minimum atomic E-state index is 0.756. The first kappa shape index (κ1) is 13.1. The van der Waals surface area contributed by atoms with Crippen molar-refractivity contribution < 1.29 is 4.74 Å². The molecule has 5 nitrogen and oxygen atoms in total. The van der Waals surface area contributed by atoms with Crippen LogP contribution < -0.4 is 5.32 Å². The maximum Gasteiger partial charge on any atom is 0.164 e. The number of nitrogens with one attached hydrogen (secondary N) is 1. The third-order valence-electron chi connectivity index (χ3n) is 2.17. The van der Waals surface area contributed by atoms with Crippen LogP contribution in [0.2, 0.25) is 0 Å². The molecule has 92 valence electrons. The van der Waals surface area contributed by atoms with Crippen molar-refractivity contribution in [3.63, 3.8) is 0 Å². The normalized spacial score (nSPS) is 10.9. The molecule has 1 aromatic heterocycles. The summed E-state index contributed by atoms with van der Waals surface area (Å²) in [7, 11) is 0. The van der Waals surface area contributed by atoms with Crippen molar-refractivity contribution in [2.75, 3.05) is 19.8 Å². The lowest BCUT2D eigenvalue weighted by atomic mass is 10.4. The van der Waals surface area contributed by atoms with Crippen LogP contribution >= 0.6 is 0 Å². The fourth-order valence-corrected chi connectivity index (χ4v) is 1.37. The molecule has 0 bridgehead atoms. The summed E-state index contributed by atoms with van der Waals surface area (Å²) < 4.78 is 7.14. The Kier molecular flexibility index (Phi) is 6.76. The Balaban J connectivity index is 2.17. The van der Waals surface area contributed by atoms with E-state index in [1.165, 1.54) is 0 Å². The molecule has 0 aromatic carbocycles. The zero-order valence-electron chi connectivity index (χ0n) is 10.3. The topological polar surface area (TPSA) is 52.0 Å². The van der Waals surface area contributed by atoms with E-state index >= 15 is 0 Å². The molecule has 0 atom stereocenters. The average Bonchev–Trinajstić information content (AvgIpc) is 2.73. The van der Waals surface area contributed by atoms with Crippen LogP contribution in [0.4, 0.5) is 0 Å². The van der Waals surface area contributed by atoms with E-state index in [9.17, 15) is 0 Å². The first-order valence-corrected chi connectivity index (χ1v) is 6.03. The molecule has 0 saturated carbocycles. The Morgan fingerprint density at radius 2 is 2.31 bits per heavy atom. The summed E-state index contributed by atoms with van der Waals surface area (Å²) in [6.45, 7) is 8.37. The van der Waals surface area contributed by atoms with E-state index in [1.807, 2.05) is 11.6 Å². The SMILES string of the molecule is CCCNCc1ncn(CCCOCC)n1. The molecular weight excluding hydrogens is 204 g/mol. The quantitative estimate of drug-likeness (QED) is 0.643. The van der Waals surface area contributed by atoms with Gasteiger partial charge >= 0.3 is 0 Å². The fourth-order valence-electron chi connectivity index (χ4n) is 1.37. The molecular formula is C11H22N4O. The Morgan fingerprint density at radius 3 is 3.06 bits per heavy atom. The molecule has 0 aliphatic carbocycles. The molecule has 1 heterocycles. The summed E-state index contributed by atoms with van der Waals surface area (Å²) in [5.74, 6) is 0.866. The van der Waals surface area contributed by atoms with Gasteiger partial charge in [-0.1, -0.05) is 6.92 Å². The third-order valence-corrected chi connectivity index (χ3v) is 2.17. The number of aryl methyl sites for hydroxylation is 1. The summed E-state index contributed by atoms with van der Waals surface area (Å²) in [5.41, 5.74) is 0. The van der Waals surface area contributed by atoms with E-state index in [0.717, 1.165) is 51.5 Å². The van der Waals surface area contributed by atoms with Gasteiger partial charge in [0.25, 0.3) is 0 Å². The van der Waals surface area contributed by atoms with Crippen LogP contribution in [0.1, 0.15) is 32.5 Å². The van der Waals surface area contributed by atoms with Crippen LogP contribution in [0, 0.1) is 0 Å². The second-order valence-electron chi connectivity index (χ2n) is 3.65. The van der Waals surface area contributed by atoms with Crippen LogP contribution in [0.3, 0.4) is 0 Å². The van der Waals surface area contributed by atoms with Crippen LogP contribution in [-0.4, -0.2) is 34.5 Å². The van der Waals surface area contributed by atoms with Crippen molar-refractivity contribution in [1.29, 1.82) is 0 Å². The van der Waals surface area contributed by atoms with Crippen molar-refractivity contribution in [3.8, 4) is 0 Å². The van der Waals surface area contributed by atoms with Crippen molar-refractivity contribution in [2.24, 2.45) is 0 Å². The highest BCUT2D eigenvalue weighted by Crippen LogP contribution is 1.93. The van der Waals surface area contributed by atoms with Crippen LogP contribution in [0.5, 0.6) is 0 Å². The second kappa shape index (κ2) is 8.24. The van der Waals surface area contributed by atoms with Gasteiger partial charge < -0.3 is 10.1 Å². The zero-order valence-corrected chi connectivity index (χ0v) is 10.3. The third kappa shape index (κ3) is 5.23. The van der Waals surface area contributed by atoms with Gasteiger partial charge in [0.1, 0.15) is 6.33 Å². The van der Waals surface area contributed by atoms with Crippen LogP contribution in [0.25, 0.3) is 0 Å². The van der Waals surface area contributed by atoms with Crippen molar-refractivity contribution >= 4 is 0 Å². The van der Waals surface area contributed by atoms with Gasteiger partial charge in [0.15, 0.2) is 5.82 Å². The lowest BCUT2D eigenvalue weighted by molar-refractivity contribution is 0.140. The second-order valence-corrected chi connectivity index (χ2v) is 3.65. The van der Waals surface area contributed by atoms with Gasteiger partial charge in [-0.3, -0.25) is 4.68 Å². The fraction of sp³-hybridized carbons (Fsp3) is 0.818. The molecule has 0 unspecified atom stereocenters. The van der Waals surface area contributed by atoms with Gasteiger partial charge in [-0.05, 0) is 26.3 Å². The standard InChI is InChI=1S/C11H22N4O/c1-3-6-12-9-11-13-10-15(14-11)7-5-8-16-4-2/h10,12H,3-9H2,1-2H3. The number of aromatic nitrogens is 3. The number of rotatable bonds is 9. The number of hydrogen-bond donors (Lipinski definition) is 1. The van der Waals surface area contributed by atoms with Crippen molar-refractivity contribution in [1.82, 2.24) is 20.1 Å². The van der Waals surface area contributed by atoms with E-state index in [-0.39, 0.29) is 0 Å². The van der Waals surface area contributed by atoms with E-state index in [0.29, 0.717) is 0 Å². The molecule has 1 aromatic rings. The van der Waals surface area contributed by atoms with Crippen molar-refractivity contribution in [3.05, 3.63) is 12.2 Å². The Hall–Kier alpha value is -0.940. The lowest BCUT2D eigenvalue weighted by Crippen LogP contribution is -2.15. The zero-order chi connectivity index (χ0) is 11.6. The maximum atomic E-state index is 5.27. The summed E-state index contributed by atoms with van der Waals surface area (Å²) in [5, 5.41) is 7.65. The first-order chi connectivity index (χ1) is 7.86. The lowest BCUT2D eigenvalue weighted by Gasteiger charge is -2.01. The van der Waals surface area contributed by atoms with Crippen LogP contribution in [0.15, 0.2) is 6.33 Å². The largest absolute Gasteiger partial charge is 0.382 e. The van der Waals surface area contributed by atoms with Gasteiger partial charge in [-0.2, -0.15) is 5.10 Å². The minimum absolute atomic E-state index is 0.756. The molecule has 0 radical (unpaired) electrons. The molecule has 0 aliphatic rings. The van der Waals surface area contributed by atoms with Gasteiger partial charge in [0, 0.05) is 19.8 Å². The van der Waals surface area contributed by atoms with Crippen LogP contribution in [-0.2, 0) is 17.8 Å². The minimum Gasteiger partial charge on any atom is -0.382 e. The highest BCUT2D eigenvalue weighted by molar-refractivity contribution is 4.80. The predicted molar refractivity (Wildman–Crippen MR) is 63.1 cm³/mol. The molecule has 16 heavy (non-hydrogen) atoms. The van der Waals surface area contributed by atoms with E-state index in [4.69, 9.17) is 4.74 Å². The van der Waals surface area contributed by atoms with Gasteiger partial charge in [-0.25, -0.2) is 4.98 Å². The first-order valence-electron chi connectivity index (χ1n) is 6.03. The highest BCUT2D eigenvalue weighted by Gasteiger charge is 1.99. The average molecular weight is 226 g/mol. The molecule has 0 fully saturated rings. The maximum absolute atomic E-state index is 5.27. The Bertz CT molecular complexity index is 275. The monoisotopic (exact) mass is 226 g/mol. The molecule has 1 N–H and O–H groups in total. The number of hydrogen-bond acceptors (Lipinski definition) is 4. The molecule has 5 heteroatoms. The summed E-state index contributed by atoms with van der Waals surface area (Å²) in [6.07, 6.45) is 3.91. The molecule has 1 rings (SSSR count). The number of ether oxygens (including phenoxy) is 1. The summed E-state index contributed by atoms with van der Waals surface area (Å²) in [4.78, 5) is 4.24.